The van der Waals surface area contributed by atoms with Gasteiger partial charge in [-0.1, -0.05) is 0 Å². The maximum absolute atomic E-state index is 11.5. The molecular weight excluding hydrogens is 268 g/mol. The quantitative estimate of drug-likeness (QED) is 0.881. The van der Waals surface area contributed by atoms with Crippen molar-refractivity contribution in [1.82, 2.24) is 10.3 Å². The highest BCUT2D eigenvalue weighted by molar-refractivity contribution is 7.90. The molecule has 1 N–H and O–H groups in total. The Morgan fingerprint density at radius 2 is 2.26 bits per heavy atom. The number of benzene rings is 1. The van der Waals surface area contributed by atoms with E-state index >= 15 is 0 Å². The fourth-order valence-corrected chi connectivity index (χ4v) is 2.67. The van der Waals surface area contributed by atoms with Crippen LogP contribution in [0.4, 0.5) is 0 Å². The topological polar surface area (TPSA) is 81.4 Å². The molecule has 0 amide bonds. The summed E-state index contributed by atoms with van der Waals surface area (Å²) in [4.78, 5) is 4.58. The largest absolute Gasteiger partial charge is 0.439 e. The van der Waals surface area contributed by atoms with Crippen molar-refractivity contribution in [3.05, 3.63) is 24.1 Å². The van der Waals surface area contributed by atoms with Crippen LogP contribution in [0.3, 0.4) is 0 Å². The third kappa shape index (κ3) is 2.49. The van der Waals surface area contributed by atoms with Gasteiger partial charge >= 0.3 is 0 Å². The number of ether oxygens (including phenoxy) is 1. The van der Waals surface area contributed by atoms with Gasteiger partial charge in [0.25, 0.3) is 0 Å². The van der Waals surface area contributed by atoms with Gasteiger partial charge in [-0.2, -0.15) is 0 Å². The first-order valence-electron chi connectivity index (χ1n) is 5.96. The lowest BCUT2D eigenvalue weighted by Crippen LogP contribution is -2.34. The fraction of sp³-hybridized carbons (Fsp3) is 0.417. The highest BCUT2D eigenvalue weighted by Crippen LogP contribution is 2.24. The van der Waals surface area contributed by atoms with Gasteiger partial charge in [0.15, 0.2) is 15.4 Å². The van der Waals surface area contributed by atoms with E-state index in [1.165, 1.54) is 18.4 Å². The molecular formula is C12H14N2O4S. The molecule has 0 spiro atoms. The number of rotatable bonds is 2. The number of fused-ring (bicyclic) bond motifs is 1. The van der Waals surface area contributed by atoms with Crippen molar-refractivity contribution in [3.63, 3.8) is 0 Å². The number of hydrogen-bond acceptors (Lipinski definition) is 6. The average molecular weight is 282 g/mol. The Labute approximate surface area is 110 Å². The monoisotopic (exact) mass is 282 g/mol. The Hall–Kier alpha value is -1.44. The second-order valence-corrected chi connectivity index (χ2v) is 6.55. The molecule has 2 aromatic rings. The fourth-order valence-electron chi connectivity index (χ4n) is 2.03. The number of aromatic nitrogens is 1. The molecule has 1 saturated heterocycles. The molecule has 2 heterocycles. The zero-order chi connectivity index (χ0) is 13.5. The van der Waals surface area contributed by atoms with Crippen LogP contribution in [0.2, 0.25) is 0 Å². The zero-order valence-corrected chi connectivity index (χ0v) is 11.2. The van der Waals surface area contributed by atoms with Gasteiger partial charge in [-0.25, -0.2) is 13.4 Å². The molecule has 7 heteroatoms. The van der Waals surface area contributed by atoms with E-state index in [1.807, 2.05) is 0 Å². The first-order chi connectivity index (χ1) is 9.04. The molecule has 0 aliphatic carbocycles. The summed E-state index contributed by atoms with van der Waals surface area (Å²) < 4.78 is 34.0. The highest BCUT2D eigenvalue weighted by Gasteiger charge is 2.21. The van der Waals surface area contributed by atoms with Crippen molar-refractivity contribution in [1.29, 1.82) is 0 Å². The van der Waals surface area contributed by atoms with E-state index in [0.717, 1.165) is 6.54 Å². The Bertz CT molecular complexity index is 702. The number of hydrogen-bond donors (Lipinski definition) is 1. The van der Waals surface area contributed by atoms with E-state index in [-0.39, 0.29) is 10.9 Å². The molecule has 1 aromatic carbocycles. The highest BCUT2D eigenvalue weighted by atomic mass is 32.2. The van der Waals surface area contributed by atoms with Crippen LogP contribution in [-0.2, 0) is 14.6 Å². The molecule has 1 fully saturated rings. The zero-order valence-electron chi connectivity index (χ0n) is 10.4. The van der Waals surface area contributed by atoms with Crippen LogP contribution in [-0.4, -0.2) is 39.4 Å². The summed E-state index contributed by atoms with van der Waals surface area (Å²) in [6, 6.07) is 4.60. The lowest BCUT2D eigenvalue weighted by atomic mass is 10.3. The first-order valence-corrected chi connectivity index (χ1v) is 7.85. The Morgan fingerprint density at radius 1 is 1.42 bits per heavy atom. The van der Waals surface area contributed by atoms with Crippen molar-refractivity contribution < 1.29 is 17.6 Å². The predicted octanol–water partition coefficient (Wildman–Crippen LogP) is 0.892. The lowest BCUT2D eigenvalue weighted by Gasteiger charge is -2.20. The minimum absolute atomic E-state index is 0.0807. The Kier molecular flexibility index (Phi) is 3.04. The molecule has 1 unspecified atom stereocenters. The molecule has 0 bridgehead atoms. The van der Waals surface area contributed by atoms with Gasteiger partial charge in [-0.15, -0.1) is 0 Å². The van der Waals surface area contributed by atoms with Crippen molar-refractivity contribution in [3.8, 4) is 0 Å². The number of oxazole rings is 1. The van der Waals surface area contributed by atoms with Crippen LogP contribution >= 0.6 is 0 Å². The molecule has 19 heavy (non-hydrogen) atoms. The Balaban J connectivity index is 2.01. The third-order valence-electron chi connectivity index (χ3n) is 3.02. The van der Waals surface area contributed by atoms with E-state index in [2.05, 4.69) is 10.3 Å². The summed E-state index contributed by atoms with van der Waals surface area (Å²) in [7, 11) is -3.23. The van der Waals surface area contributed by atoms with Gasteiger partial charge in [0.05, 0.1) is 18.1 Å². The second kappa shape index (κ2) is 4.59. The maximum Gasteiger partial charge on any atom is 0.215 e. The molecule has 1 aromatic heterocycles. The molecule has 1 atom stereocenters. The predicted molar refractivity (Wildman–Crippen MR) is 68.7 cm³/mol. The van der Waals surface area contributed by atoms with Gasteiger partial charge < -0.3 is 14.5 Å². The summed E-state index contributed by atoms with van der Waals surface area (Å²) in [6.45, 7) is 1.93. The van der Waals surface area contributed by atoms with Crippen molar-refractivity contribution in [2.75, 3.05) is 26.0 Å². The second-order valence-electron chi connectivity index (χ2n) is 4.54. The van der Waals surface area contributed by atoms with Gasteiger partial charge in [0.2, 0.25) is 5.89 Å². The van der Waals surface area contributed by atoms with Crippen molar-refractivity contribution >= 4 is 20.9 Å². The molecule has 102 valence electrons. The van der Waals surface area contributed by atoms with Crippen LogP contribution in [0.25, 0.3) is 11.1 Å². The summed E-state index contributed by atoms with van der Waals surface area (Å²) in [6.07, 6.45) is 1.17. The summed E-state index contributed by atoms with van der Waals surface area (Å²) >= 11 is 0. The molecule has 6 nitrogen and oxygen atoms in total. The number of nitrogens with one attached hydrogen (secondary N) is 1. The molecule has 1 aliphatic heterocycles. The van der Waals surface area contributed by atoms with Crippen molar-refractivity contribution in [2.45, 2.75) is 10.9 Å². The van der Waals surface area contributed by atoms with E-state index in [1.54, 1.807) is 6.07 Å². The van der Waals surface area contributed by atoms with E-state index in [0.29, 0.717) is 30.2 Å². The average Bonchev–Trinajstić information content (AvgIpc) is 2.81. The van der Waals surface area contributed by atoms with Crippen LogP contribution in [0.15, 0.2) is 27.5 Å². The number of morpholine rings is 1. The van der Waals surface area contributed by atoms with E-state index in [4.69, 9.17) is 9.15 Å². The molecule has 0 saturated carbocycles. The van der Waals surface area contributed by atoms with Crippen LogP contribution in [0.5, 0.6) is 0 Å². The van der Waals surface area contributed by atoms with E-state index < -0.39 is 9.84 Å². The van der Waals surface area contributed by atoms with Crippen LogP contribution < -0.4 is 5.32 Å². The van der Waals surface area contributed by atoms with Crippen LogP contribution in [0.1, 0.15) is 11.9 Å². The summed E-state index contributed by atoms with van der Waals surface area (Å²) in [5.74, 6) is 0.528. The smallest absolute Gasteiger partial charge is 0.215 e. The van der Waals surface area contributed by atoms with Gasteiger partial charge in [-0.05, 0) is 18.2 Å². The van der Waals surface area contributed by atoms with Crippen molar-refractivity contribution in [2.24, 2.45) is 0 Å². The van der Waals surface area contributed by atoms with Gasteiger partial charge in [0, 0.05) is 12.8 Å². The standard InChI is InChI=1S/C12H14N2O4S/c1-19(15,16)8-2-3-11-9(6-8)14-12(18-11)10-7-17-5-4-13-10/h2-3,6,10,13H,4-5,7H2,1H3. The van der Waals surface area contributed by atoms with Gasteiger partial charge in [-0.3, -0.25) is 0 Å². The minimum Gasteiger partial charge on any atom is -0.439 e. The molecule has 0 radical (unpaired) electrons. The van der Waals surface area contributed by atoms with E-state index in [9.17, 15) is 8.42 Å². The van der Waals surface area contributed by atoms with Gasteiger partial charge in [0.1, 0.15) is 11.6 Å². The Morgan fingerprint density at radius 3 is 2.95 bits per heavy atom. The third-order valence-corrected chi connectivity index (χ3v) is 4.13. The summed E-state index contributed by atoms with van der Waals surface area (Å²) in [5.41, 5.74) is 1.13. The number of sulfone groups is 1. The summed E-state index contributed by atoms with van der Waals surface area (Å²) in [5, 5.41) is 3.24. The molecule has 1 aliphatic rings. The number of nitrogens with zero attached hydrogens (tertiary/aromatic N) is 1. The first kappa shape index (κ1) is 12.6. The lowest BCUT2D eigenvalue weighted by molar-refractivity contribution is 0.0687. The maximum atomic E-state index is 11.5. The molecule has 3 rings (SSSR count). The minimum atomic E-state index is -3.23. The van der Waals surface area contributed by atoms with Crippen LogP contribution in [0, 0.1) is 0 Å². The SMILES string of the molecule is CS(=O)(=O)c1ccc2oc(C3COCCN3)nc2c1. The normalized spacial score (nSPS) is 20.8.